The molecule has 2 saturated heterocycles. The number of halogens is 1. The summed E-state index contributed by atoms with van der Waals surface area (Å²) in [4.78, 5) is 17.2. The predicted molar refractivity (Wildman–Crippen MR) is 129 cm³/mol. The molecule has 1 amide bonds. The highest BCUT2D eigenvalue weighted by Crippen LogP contribution is 2.26. The fourth-order valence-electron chi connectivity index (χ4n) is 4.43. The van der Waals surface area contributed by atoms with Crippen LogP contribution < -0.4 is 4.90 Å². The van der Waals surface area contributed by atoms with Crippen molar-refractivity contribution >= 4 is 33.2 Å². The Morgan fingerprint density at radius 2 is 1.70 bits per heavy atom. The maximum Gasteiger partial charge on any atom is 0.263 e. The SMILES string of the molecule is CCCn1cc(C(=O)N2CCC(C)CC2)c(S(=O)(=O)N2CCN(c3ccc(Cl)cc3)CC2)n1. The third kappa shape index (κ3) is 5.20. The maximum absolute atomic E-state index is 13.6. The summed E-state index contributed by atoms with van der Waals surface area (Å²) >= 11 is 5.98. The third-order valence-electron chi connectivity index (χ3n) is 6.50. The number of amides is 1. The lowest BCUT2D eigenvalue weighted by Gasteiger charge is -2.35. The van der Waals surface area contributed by atoms with E-state index in [1.807, 2.05) is 31.2 Å². The van der Waals surface area contributed by atoms with Gasteiger partial charge in [0.2, 0.25) is 5.03 Å². The average molecular weight is 494 g/mol. The standard InChI is InChI=1S/C23H32ClN5O3S/c1-3-10-28-17-21(23(30)27-11-8-18(2)9-12-27)22(25-28)33(31,32)29-15-13-26(14-16-29)20-6-4-19(24)5-7-20/h4-7,17-18H,3,8-16H2,1-2H3. The quantitative estimate of drug-likeness (QED) is 0.616. The van der Waals surface area contributed by atoms with Crippen molar-refractivity contribution < 1.29 is 13.2 Å². The van der Waals surface area contributed by atoms with Crippen LogP contribution in [0.4, 0.5) is 5.69 Å². The molecule has 0 radical (unpaired) electrons. The normalized spacial score (nSPS) is 18.6. The zero-order valence-corrected chi connectivity index (χ0v) is 20.9. The first-order chi connectivity index (χ1) is 15.8. The Bertz CT molecular complexity index is 1070. The number of anilines is 1. The monoisotopic (exact) mass is 493 g/mol. The average Bonchev–Trinajstić information content (AvgIpc) is 3.25. The van der Waals surface area contributed by atoms with Gasteiger partial charge in [-0.2, -0.15) is 9.40 Å². The lowest BCUT2D eigenvalue weighted by atomic mass is 9.99. The summed E-state index contributed by atoms with van der Waals surface area (Å²) < 4.78 is 30.2. The van der Waals surface area contributed by atoms with Gasteiger partial charge in [-0.15, -0.1) is 0 Å². The van der Waals surface area contributed by atoms with E-state index in [1.165, 1.54) is 4.31 Å². The number of piperidine rings is 1. The van der Waals surface area contributed by atoms with E-state index in [-0.39, 0.29) is 16.5 Å². The Balaban J connectivity index is 1.54. The molecule has 180 valence electrons. The van der Waals surface area contributed by atoms with Gasteiger partial charge in [0.05, 0.1) is 5.56 Å². The highest BCUT2D eigenvalue weighted by molar-refractivity contribution is 7.89. The molecule has 4 rings (SSSR count). The summed E-state index contributed by atoms with van der Waals surface area (Å²) in [6.45, 7) is 7.84. The van der Waals surface area contributed by atoms with Crippen LogP contribution in [0.3, 0.4) is 0 Å². The molecule has 2 aliphatic rings. The fourth-order valence-corrected chi connectivity index (χ4v) is 6.07. The Morgan fingerprint density at radius 1 is 1.06 bits per heavy atom. The molecule has 2 aromatic rings. The Hall–Kier alpha value is -2.10. The van der Waals surface area contributed by atoms with Crippen LogP contribution in [0.25, 0.3) is 0 Å². The van der Waals surface area contributed by atoms with Crippen molar-refractivity contribution in [3.63, 3.8) is 0 Å². The van der Waals surface area contributed by atoms with Crippen LogP contribution in [-0.2, 0) is 16.6 Å². The molecular formula is C23H32ClN5O3S. The number of piperazine rings is 1. The second-order valence-corrected chi connectivity index (χ2v) is 11.2. The number of sulfonamides is 1. The topological polar surface area (TPSA) is 78.8 Å². The van der Waals surface area contributed by atoms with Crippen molar-refractivity contribution in [3.8, 4) is 0 Å². The van der Waals surface area contributed by atoms with Gasteiger partial charge in [-0.1, -0.05) is 25.4 Å². The minimum absolute atomic E-state index is 0.112. The van der Waals surface area contributed by atoms with Crippen molar-refractivity contribution in [1.82, 2.24) is 19.0 Å². The van der Waals surface area contributed by atoms with Gasteiger partial charge in [0.15, 0.2) is 0 Å². The third-order valence-corrected chi connectivity index (χ3v) is 8.58. The first kappa shape index (κ1) is 24.0. The Labute approximate surface area is 201 Å². The van der Waals surface area contributed by atoms with E-state index in [9.17, 15) is 13.2 Å². The molecule has 0 saturated carbocycles. The van der Waals surface area contributed by atoms with E-state index in [0.29, 0.717) is 56.8 Å². The van der Waals surface area contributed by atoms with Crippen LogP contribution in [0.5, 0.6) is 0 Å². The molecule has 3 heterocycles. The largest absolute Gasteiger partial charge is 0.369 e. The fraction of sp³-hybridized carbons (Fsp3) is 0.565. The van der Waals surface area contributed by atoms with Gasteiger partial charge in [-0.3, -0.25) is 9.48 Å². The van der Waals surface area contributed by atoms with Gasteiger partial charge < -0.3 is 9.80 Å². The van der Waals surface area contributed by atoms with Gasteiger partial charge in [0.1, 0.15) is 0 Å². The van der Waals surface area contributed by atoms with Crippen molar-refractivity contribution in [2.24, 2.45) is 5.92 Å². The number of likely N-dealkylation sites (tertiary alicyclic amines) is 1. The number of hydrogen-bond acceptors (Lipinski definition) is 5. The summed E-state index contributed by atoms with van der Waals surface area (Å²) in [5.74, 6) is 0.347. The number of nitrogens with zero attached hydrogens (tertiary/aromatic N) is 5. The lowest BCUT2D eigenvalue weighted by Crippen LogP contribution is -2.49. The van der Waals surface area contributed by atoms with Crippen molar-refractivity contribution in [1.29, 1.82) is 0 Å². The summed E-state index contributed by atoms with van der Waals surface area (Å²) in [5, 5.41) is 4.93. The van der Waals surface area contributed by atoms with E-state index < -0.39 is 10.0 Å². The molecule has 0 spiro atoms. The molecule has 2 fully saturated rings. The van der Waals surface area contributed by atoms with Crippen LogP contribution in [0.15, 0.2) is 35.5 Å². The molecule has 33 heavy (non-hydrogen) atoms. The van der Waals surface area contributed by atoms with Crippen LogP contribution in [0.1, 0.15) is 43.5 Å². The molecule has 0 bridgehead atoms. The first-order valence-corrected chi connectivity index (χ1v) is 13.5. The molecule has 8 nitrogen and oxygen atoms in total. The summed E-state index contributed by atoms with van der Waals surface area (Å²) in [6.07, 6.45) is 4.28. The molecule has 1 aromatic carbocycles. The number of aromatic nitrogens is 2. The molecule has 2 aliphatic heterocycles. The number of benzene rings is 1. The van der Waals surface area contributed by atoms with Gasteiger partial charge >= 0.3 is 0 Å². The second-order valence-electron chi connectivity index (χ2n) is 8.95. The van der Waals surface area contributed by atoms with Gasteiger partial charge in [-0.25, -0.2) is 8.42 Å². The number of hydrogen-bond donors (Lipinski definition) is 0. The van der Waals surface area contributed by atoms with Gasteiger partial charge in [0.25, 0.3) is 15.9 Å². The van der Waals surface area contributed by atoms with E-state index >= 15 is 0 Å². The van der Waals surface area contributed by atoms with Gasteiger partial charge in [0, 0.05) is 62.7 Å². The summed E-state index contributed by atoms with van der Waals surface area (Å²) in [6, 6.07) is 7.55. The van der Waals surface area contributed by atoms with E-state index in [1.54, 1.807) is 15.8 Å². The maximum atomic E-state index is 13.6. The lowest BCUT2D eigenvalue weighted by molar-refractivity contribution is 0.0693. The summed E-state index contributed by atoms with van der Waals surface area (Å²) in [7, 11) is -3.89. The first-order valence-electron chi connectivity index (χ1n) is 11.7. The summed E-state index contributed by atoms with van der Waals surface area (Å²) in [5.41, 5.74) is 1.21. The number of aryl methyl sites for hydroxylation is 1. The molecule has 1 aromatic heterocycles. The van der Waals surface area contributed by atoms with Crippen LogP contribution in [0, 0.1) is 5.92 Å². The Kier molecular flexibility index (Phi) is 7.31. The smallest absolute Gasteiger partial charge is 0.263 e. The second kappa shape index (κ2) is 10.0. The molecule has 10 heteroatoms. The highest BCUT2D eigenvalue weighted by atomic mass is 35.5. The number of carbonyl (C=O) groups excluding carboxylic acids is 1. The highest BCUT2D eigenvalue weighted by Gasteiger charge is 2.36. The van der Waals surface area contributed by atoms with E-state index in [2.05, 4.69) is 16.9 Å². The zero-order chi connectivity index (χ0) is 23.6. The van der Waals surface area contributed by atoms with Crippen LogP contribution in [0.2, 0.25) is 5.02 Å². The van der Waals surface area contributed by atoms with Crippen LogP contribution >= 0.6 is 11.6 Å². The van der Waals surface area contributed by atoms with Crippen molar-refractivity contribution in [3.05, 3.63) is 41.0 Å². The predicted octanol–water partition coefficient (Wildman–Crippen LogP) is 3.33. The van der Waals surface area contributed by atoms with Crippen molar-refractivity contribution in [2.75, 3.05) is 44.2 Å². The molecular weight excluding hydrogens is 462 g/mol. The minimum atomic E-state index is -3.89. The Morgan fingerprint density at radius 3 is 2.30 bits per heavy atom. The van der Waals surface area contributed by atoms with Gasteiger partial charge in [-0.05, 0) is 49.4 Å². The zero-order valence-electron chi connectivity index (χ0n) is 19.3. The number of rotatable bonds is 6. The molecule has 0 unspecified atom stereocenters. The number of carbonyl (C=O) groups is 1. The van der Waals surface area contributed by atoms with E-state index in [0.717, 1.165) is 24.9 Å². The van der Waals surface area contributed by atoms with Crippen LogP contribution in [-0.4, -0.2) is 72.6 Å². The van der Waals surface area contributed by atoms with Crippen molar-refractivity contribution in [2.45, 2.75) is 44.7 Å². The molecule has 0 atom stereocenters. The minimum Gasteiger partial charge on any atom is -0.369 e. The van der Waals surface area contributed by atoms with E-state index in [4.69, 9.17) is 11.6 Å². The molecule has 0 aliphatic carbocycles. The molecule has 0 N–H and O–H groups in total.